The van der Waals surface area contributed by atoms with Crippen molar-refractivity contribution in [3.8, 4) is 0 Å². The van der Waals surface area contributed by atoms with Crippen LogP contribution in [0.15, 0.2) is 48.8 Å². The molecule has 0 aliphatic carbocycles. The van der Waals surface area contributed by atoms with E-state index < -0.39 is 0 Å². The average molecular weight is 398 g/mol. The molecule has 2 amide bonds. The first-order valence-electron chi connectivity index (χ1n) is 7.26. The molecule has 0 fully saturated rings. The van der Waals surface area contributed by atoms with E-state index in [1.807, 2.05) is 19.1 Å². The fraction of sp³-hybridized carbons (Fsp3) is 0.235. The SMILES string of the molecule is CCCC(=O)c1ccc(NC(=O)NCc2cccnc2)cc1.[Cl-].[Zn+2]. The van der Waals surface area contributed by atoms with Crippen LogP contribution < -0.4 is 23.0 Å². The van der Waals surface area contributed by atoms with E-state index in [0.717, 1.165) is 12.0 Å². The van der Waals surface area contributed by atoms with Crippen LogP contribution in [0.4, 0.5) is 10.5 Å². The van der Waals surface area contributed by atoms with Gasteiger partial charge in [-0.2, -0.15) is 0 Å². The summed E-state index contributed by atoms with van der Waals surface area (Å²) in [5.74, 6) is 0.120. The van der Waals surface area contributed by atoms with Gasteiger partial charge in [-0.25, -0.2) is 4.79 Å². The topological polar surface area (TPSA) is 71.1 Å². The number of rotatable bonds is 6. The van der Waals surface area contributed by atoms with Gasteiger partial charge in [-0.15, -0.1) is 0 Å². The molecular formula is C17H19ClN3O2Zn+. The number of carbonyl (C=O) groups is 2. The Morgan fingerprint density at radius 1 is 1.12 bits per heavy atom. The van der Waals surface area contributed by atoms with Gasteiger partial charge in [0, 0.05) is 36.6 Å². The number of hydrogen-bond donors (Lipinski definition) is 2. The average Bonchev–Trinajstić information content (AvgIpc) is 2.55. The van der Waals surface area contributed by atoms with E-state index >= 15 is 0 Å². The van der Waals surface area contributed by atoms with Gasteiger partial charge in [0.05, 0.1) is 0 Å². The van der Waals surface area contributed by atoms with Crippen molar-refractivity contribution in [2.24, 2.45) is 0 Å². The molecule has 7 heteroatoms. The Morgan fingerprint density at radius 2 is 1.83 bits per heavy atom. The quantitative estimate of drug-likeness (QED) is 0.547. The van der Waals surface area contributed by atoms with E-state index in [-0.39, 0.29) is 43.7 Å². The van der Waals surface area contributed by atoms with E-state index in [1.165, 1.54) is 0 Å². The number of urea groups is 1. The summed E-state index contributed by atoms with van der Waals surface area (Å²) in [4.78, 5) is 27.5. The van der Waals surface area contributed by atoms with Crippen LogP contribution in [0.25, 0.3) is 0 Å². The predicted octanol–water partition coefficient (Wildman–Crippen LogP) is 0.388. The van der Waals surface area contributed by atoms with Crippen molar-refractivity contribution < 1.29 is 41.5 Å². The zero-order valence-corrected chi connectivity index (χ0v) is 17.3. The molecule has 1 aromatic heterocycles. The number of pyridine rings is 1. The Hall–Kier alpha value is -1.78. The third kappa shape index (κ3) is 7.20. The van der Waals surface area contributed by atoms with Crippen LogP contribution in [0.5, 0.6) is 0 Å². The summed E-state index contributed by atoms with van der Waals surface area (Å²) >= 11 is 0. The van der Waals surface area contributed by atoms with Crippen molar-refractivity contribution in [1.82, 2.24) is 10.3 Å². The summed E-state index contributed by atoms with van der Waals surface area (Å²) < 4.78 is 0. The predicted molar refractivity (Wildman–Crippen MR) is 85.8 cm³/mol. The van der Waals surface area contributed by atoms with Gasteiger partial charge >= 0.3 is 25.5 Å². The molecule has 2 rings (SSSR count). The van der Waals surface area contributed by atoms with Gasteiger partial charge in [-0.3, -0.25) is 9.78 Å². The smallest absolute Gasteiger partial charge is 1.00 e. The molecular weight excluding hydrogens is 379 g/mol. The number of carbonyl (C=O) groups excluding carboxylic acids is 2. The summed E-state index contributed by atoms with van der Waals surface area (Å²) in [7, 11) is 0. The van der Waals surface area contributed by atoms with Gasteiger partial charge < -0.3 is 23.0 Å². The number of halogens is 1. The molecule has 0 radical (unpaired) electrons. The molecule has 0 spiro atoms. The molecule has 1 aromatic carbocycles. The number of ketones is 1. The molecule has 0 saturated heterocycles. The van der Waals surface area contributed by atoms with Gasteiger partial charge in [0.2, 0.25) is 0 Å². The van der Waals surface area contributed by atoms with Gasteiger partial charge in [0.25, 0.3) is 0 Å². The van der Waals surface area contributed by atoms with Gasteiger partial charge in [0.15, 0.2) is 5.78 Å². The van der Waals surface area contributed by atoms with E-state index in [9.17, 15) is 9.59 Å². The Balaban J connectivity index is 0.00000264. The first-order chi connectivity index (χ1) is 10.7. The molecule has 0 bridgehead atoms. The first kappa shape index (κ1) is 22.2. The van der Waals surface area contributed by atoms with E-state index in [4.69, 9.17) is 0 Å². The van der Waals surface area contributed by atoms with Crippen LogP contribution >= 0.6 is 0 Å². The van der Waals surface area contributed by atoms with Crippen molar-refractivity contribution in [2.45, 2.75) is 26.3 Å². The normalized spacial score (nSPS) is 9.21. The third-order valence-corrected chi connectivity index (χ3v) is 3.12. The Morgan fingerprint density at radius 3 is 2.42 bits per heavy atom. The van der Waals surface area contributed by atoms with Crippen molar-refractivity contribution in [2.75, 3.05) is 5.32 Å². The summed E-state index contributed by atoms with van der Waals surface area (Å²) in [6.45, 7) is 2.38. The monoisotopic (exact) mass is 396 g/mol. The molecule has 5 nitrogen and oxygen atoms in total. The molecule has 0 unspecified atom stereocenters. The maximum atomic E-state index is 11.8. The second kappa shape index (κ2) is 11.7. The molecule has 2 aromatic rings. The van der Waals surface area contributed by atoms with Crippen LogP contribution in [-0.2, 0) is 26.0 Å². The maximum Gasteiger partial charge on any atom is 2.00 e. The number of amides is 2. The van der Waals surface area contributed by atoms with Crippen LogP contribution in [0.1, 0.15) is 35.7 Å². The van der Waals surface area contributed by atoms with Gasteiger partial charge in [-0.05, 0) is 42.3 Å². The number of anilines is 1. The maximum absolute atomic E-state index is 11.8. The summed E-state index contributed by atoms with van der Waals surface area (Å²) in [6.07, 6.45) is 4.76. The Kier molecular flexibility index (Phi) is 10.8. The first-order valence-corrected chi connectivity index (χ1v) is 7.26. The van der Waals surface area contributed by atoms with E-state index in [0.29, 0.717) is 24.2 Å². The minimum absolute atomic E-state index is 0. The van der Waals surface area contributed by atoms with Crippen LogP contribution in [-0.4, -0.2) is 16.8 Å². The Bertz CT molecular complexity index is 636. The molecule has 2 N–H and O–H groups in total. The Labute approximate surface area is 160 Å². The van der Waals surface area contributed by atoms with Crippen molar-refractivity contribution >= 4 is 17.5 Å². The summed E-state index contributed by atoms with van der Waals surface area (Å²) in [5, 5.41) is 5.48. The number of nitrogens with one attached hydrogen (secondary N) is 2. The van der Waals surface area contributed by atoms with Crippen molar-refractivity contribution in [3.63, 3.8) is 0 Å². The third-order valence-electron chi connectivity index (χ3n) is 3.12. The zero-order valence-electron chi connectivity index (χ0n) is 13.6. The molecule has 1 heterocycles. The number of aromatic nitrogens is 1. The minimum atomic E-state index is -0.295. The minimum Gasteiger partial charge on any atom is -1.00 e. The fourth-order valence-corrected chi connectivity index (χ4v) is 1.97. The standard InChI is InChI=1S/C17H19N3O2.ClH.Zn/c1-2-4-16(21)14-6-8-15(9-7-14)20-17(22)19-12-13-5-3-10-18-11-13;;/h3,5-11H,2,4,12H2,1H3,(H2,19,20,22);1H;/q;;+2/p-1. The second-order valence-corrected chi connectivity index (χ2v) is 4.92. The molecule has 0 saturated carbocycles. The van der Waals surface area contributed by atoms with Crippen molar-refractivity contribution in [3.05, 3.63) is 59.9 Å². The van der Waals surface area contributed by atoms with Crippen LogP contribution in [0.2, 0.25) is 0 Å². The molecule has 0 aliphatic heterocycles. The second-order valence-electron chi connectivity index (χ2n) is 4.92. The van der Waals surface area contributed by atoms with E-state index in [2.05, 4.69) is 15.6 Å². The van der Waals surface area contributed by atoms with Crippen molar-refractivity contribution in [1.29, 1.82) is 0 Å². The van der Waals surface area contributed by atoms with Gasteiger partial charge in [-0.1, -0.05) is 13.0 Å². The number of hydrogen-bond acceptors (Lipinski definition) is 3. The molecule has 122 valence electrons. The van der Waals surface area contributed by atoms with Crippen LogP contribution in [0.3, 0.4) is 0 Å². The molecule has 0 aliphatic rings. The summed E-state index contributed by atoms with van der Waals surface area (Å²) in [5.41, 5.74) is 2.25. The number of nitrogens with zero attached hydrogens (tertiary/aromatic N) is 1. The van der Waals surface area contributed by atoms with Gasteiger partial charge in [0.1, 0.15) is 0 Å². The number of benzene rings is 1. The van der Waals surface area contributed by atoms with Crippen LogP contribution in [0, 0.1) is 0 Å². The van der Waals surface area contributed by atoms with E-state index in [1.54, 1.807) is 36.7 Å². The molecule has 0 atom stereocenters. The fourth-order valence-electron chi connectivity index (χ4n) is 1.97. The largest absolute Gasteiger partial charge is 2.00 e. The summed E-state index contributed by atoms with van der Waals surface area (Å²) in [6, 6.07) is 10.3. The number of Topliss-reactive ketones (excluding diaryl/α,β-unsaturated/α-hetero) is 1. The zero-order chi connectivity index (χ0) is 15.8. The molecule has 24 heavy (non-hydrogen) atoms.